The summed E-state index contributed by atoms with van der Waals surface area (Å²) in [5.74, 6) is -0.0462. The third-order valence-electron chi connectivity index (χ3n) is 3.28. The largest absolute Gasteiger partial charge is 0.356 e. The molecule has 0 aliphatic rings. The number of hydrogen-bond donors (Lipinski definition) is 3. The highest BCUT2D eigenvalue weighted by Crippen LogP contribution is 2.24. The molecule has 0 bridgehead atoms. The molecule has 1 heterocycles. The van der Waals surface area contributed by atoms with Gasteiger partial charge >= 0.3 is 0 Å². The zero-order chi connectivity index (χ0) is 14.8. The summed E-state index contributed by atoms with van der Waals surface area (Å²) in [5.41, 5.74) is 0.277. The molecule has 1 unspecified atom stereocenters. The van der Waals surface area contributed by atoms with E-state index in [4.69, 9.17) is 5.14 Å². The quantitative estimate of drug-likeness (QED) is 0.771. The molecule has 7 heteroatoms. The molecule has 6 nitrogen and oxygen atoms in total. The van der Waals surface area contributed by atoms with E-state index in [2.05, 4.69) is 31.1 Å². The summed E-state index contributed by atoms with van der Waals surface area (Å²) >= 11 is 0. The van der Waals surface area contributed by atoms with Gasteiger partial charge in [-0.1, -0.05) is 27.7 Å². The van der Waals surface area contributed by atoms with Gasteiger partial charge in [0, 0.05) is 12.7 Å². The van der Waals surface area contributed by atoms with E-state index in [-0.39, 0.29) is 21.9 Å². The van der Waals surface area contributed by atoms with Gasteiger partial charge in [0.2, 0.25) is 10.0 Å². The van der Waals surface area contributed by atoms with Crippen LogP contribution in [0.15, 0.2) is 17.2 Å². The second kappa shape index (κ2) is 5.34. The van der Waals surface area contributed by atoms with Crippen LogP contribution in [0, 0.1) is 11.3 Å². The van der Waals surface area contributed by atoms with Gasteiger partial charge in [0.1, 0.15) is 5.69 Å². The Balaban J connectivity index is 2.68. The van der Waals surface area contributed by atoms with E-state index >= 15 is 0 Å². The Morgan fingerprint density at radius 3 is 2.47 bits per heavy atom. The number of H-pyrrole nitrogens is 1. The summed E-state index contributed by atoms with van der Waals surface area (Å²) < 4.78 is 22.2. The Kier molecular flexibility index (Phi) is 4.42. The summed E-state index contributed by atoms with van der Waals surface area (Å²) in [6, 6.07) is 1.23. The maximum atomic E-state index is 11.8. The van der Waals surface area contributed by atoms with E-state index in [0.29, 0.717) is 12.5 Å². The lowest BCUT2D eigenvalue weighted by molar-refractivity contribution is 0.0932. The van der Waals surface area contributed by atoms with Crippen molar-refractivity contribution in [3.05, 3.63) is 18.0 Å². The van der Waals surface area contributed by atoms with Crippen LogP contribution in [-0.2, 0) is 10.0 Å². The maximum absolute atomic E-state index is 11.8. The fourth-order valence-corrected chi connectivity index (χ4v) is 1.82. The monoisotopic (exact) mass is 287 g/mol. The lowest BCUT2D eigenvalue weighted by atomic mass is 9.82. The number of aromatic amines is 1. The molecule has 0 fully saturated rings. The molecular weight excluding hydrogens is 266 g/mol. The Morgan fingerprint density at radius 2 is 2.05 bits per heavy atom. The average molecular weight is 287 g/mol. The number of sulfonamides is 1. The second-order valence-electron chi connectivity index (χ2n) is 5.77. The molecule has 0 aliphatic heterocycles. The number of rotatable bonds is 4. The van der Waals surface area contributed by atoms with Crippen molar-refractivity contribution >= 4 is 15.9 Å². The van der Waals surface area contributed by atoms with Crippen LogP contribution in [-0.4, -0.2) is 25.9 Å². The minimum Gasteiger partial charge on any atom is -0.356 e. The van der Waals surface area contributed by atoms with Crippen molar-refractivity contribution < 1.29 is 13.2 Å². The molecule has 1 amide bonds. The molecule has 1 aromatic rings. The lowest BCUT2D eigenvalue weighted by Crippen LogP contribution is -2.33. The molecule has 0 saturated carbocycles. The van der Waals surface area contributed by atoms with Gasteiger partial charge in [-0.15, -0.1) is 0 Å². The van der Waals surface area contributed by atoms with Crippen LogP contribution in [0.25, 0.3) is 0 Å². The van der Waals surface area contributed by atoms with Gasteiger partial charge < -0.3 is 10.3 Å². The number of primary sulfonamides is 1. The van der Waals surface area contributed by atoms with Crippen LogP contribution in [0.3, 0.4) is 0 Å². The van der Waals surface area contributed by atoms with Crippen LogP contribution < -0.4 is 10.5 Å². The molecule has 1 aromatic heterocycles. The van der Waals surface area contributed by atoms with Gasteiger partial charge in [-0.25, -0.2) is 13.6 Å². The molecule has 0 radical (unpaired) electrons. The molecule has 4 N–H and O–H groups in total. The van der Waals surface area contributed by atoms with Gasteiger partial charge in [0.25, 0.3) is 5.91 Å². The number of nitrogens with one attached hydrogen (secondary N) is 2. The predicted molar refractivity (Wildman–Crippen MR) is 73.1 cm³/mol. The fraction of sp³-hybridized carbons (Fsp3) is 0.583. The van der Waals surface area contributed by atoms with E-state index in [9.17, 15) is 13.2 Å². The van der Waals surface area contributed by atoms with Crippen LogP contribution in [0.1, 0.15) is 38.2 Å². The Hall–Kier alpha value is -1.34. The molecule has 108 valence electrons. The predicted octanol–water partition coefficient (Wildman–Crippen LogP) is 1.07. The molecular formula is C12H21N3O3S. The molecule has 0 aliphatic carbocycles. The van der Waals surface area contributed by atoms with Crippen molar-refractivity contribution in [1.29, 1.82) is 0 Å². The SMILES string of the molecule is CC(CNC(=O)c1cc(S(N)(=O)=O)c[nH]1)C(C)(C)C. The zero-order valence-electron chi connectivity index (χ0n) is 11.6. The van der Waals surface area contributed by atoms with Crippen molar-refractivity contribution in [1.82, 2.24) is 10.3 Å². The highest BCUT2D eigenvalue weighted by Gasteiger charge is 2.21. The van der Waals surface area contributed by atoms with Crippen molar-refractivity contribution in [2.24, 2.45) is 16.5 Å². The standard InChI is InChI=1S/C12H21N3O3S/c1-8(12(2,3)4)6-15-11(16)10-5-9(7-14-10)19(13,17)18/h5,7-8,14H,6H2,1-4H3,(H,15,16)(H2,13,17,18). The molecule has 0 aromatic carbocycles. The summed E-state index contributed by atoms with van der Waals surface area (Å²) in [4.78, 5) is 14.3. The number of amides is 1. The number of carbonyl (C=O) groups is 1. The van der Waals surface area contributed by atoms with Crippen molar-refractivity contribution in [3.8, 4) is 0 Å². The number of hydrogen-bond acceptors (Lipinski definition) is 3. The summed E-state index contributed by atoms with van der Waals surface area (Å²) in [6.07, 6.45) is 1.21. The highest BCUT2D eigenvalue weighted by molar-refractivity contribution is 7.89. The number of nitrogens with two attached hydrogens (primary N) is 1. The zero-order valence-corrected chi connectivity index (χ0v) is 12.5. The van der Waals surface area contributed by atoms with E-state index in [1.807, 2.05) is 6.92 Å². The first-order valence-electron chi connectivity index (χ1n) is 6.01. The third-order valence-corrected chi connectivity index (χ3v) is 4.17. The molecule has 1 atom stereocenters. The lowest BCUT2D eigenvalue weighted by Gasteiger charge is -2.27. The molecule has 0 saturated heterocycles. The smallest absolute Gasteiger partial charge is 0.267 e. The van der Waals surface area contributed by atoms with Crippen LogP contribution >= 0.6 is 0 Å². The Morgan fingerprint density at radius 1 is 1.47 bits per heavy atom. The van der Waals surface area contributed by atoms with Gasteiger partial charge in [-0.3, -0.25) is 4.79 Å². The summed E-state index contributed by atoms with van der Waals surface area (Å²) in [6.45, 7) is 8.85. The van der Waals surface area contributed by atoms with Crippen LogP contribution in [0.2, 0.25) is 0 Å². The number of aromatic nitrogens is 1. The molecule has 19 heavy (non-hydrogen) atoms. The normalized spacial score (nSPS) is 14.2. The fourth-order valence-electron chi connectivity index (χ4n) is 1.32. The minimum atomic E-state index is -3.78. The van der Waals surface area contributed by atoms with Crippen LogP contribution in [0.4, 0.5) is 0 Å². The first-order chi connectivity index (χ1) is 8.51. The third kappa shape index (κ3) is 4.36. The average Bonchev–Trinajstić information content (AvgIpc) is 2.72. The van der Waals surface area contributed by atoms with Gasteiger partial charge in [-0.05, 0) is 17.4 Å². The minimum absolute atomic E-state index is 0.0920. The maximum Gasteiger partial charge on any atom is 0.267 e. The highest BCUT2D eigenvalue weighted by atomic mass is 32.2. The molecule has 1 rings (SSSR count). The Bertz CT molecular complexity index is 555. The second-order valence-corrected chi connectivity index (χ2v) is 7.33. The van der Waals surface area contributed by atoms with Crippen LogP contribution in [0.5, 0.6) is 0 Å². The van der Waals surface area contributed by atoms with Crippen molar-refractivity contribution in [3.63, 3.8) is 0 Å². The summed E-state index contributed by atoms with van der Waals surface area (Å²) in [5, 5.41) is 7.73. The van der Waals surface area contributed by atoms with Gasteiger partial charge in [0.15, 0.2) is 0 Å². The topological polar surface area (TPSA) is 105 Å². The molecule has 0 spiro atoms. The van der Waals surface area contributed by atoms with E-state index in [1.165, 1.54) is 12.3 Å². The van der Waals surface area contributed by atoms with Crippen molar-refractivity contribution in [2.45, 2.75) is 32.6 Å². The van der Waals surface area contributed by atoms with Gasteiger partial charge in [0.05, 0.1) is 4.90 Å². The first kappa shape index (κ1) is 15.7. The van der Waals surface area contributed by atoms with E-state index in [0.717, 1.165) is 0 Å². The van der Waals surface area contributed by atoms with Gasteiger partial charge in [-0.2, -0.15) is 0 Å². The van der Waals surface area contributed by atoms with E-state index in [1.54, 1.807) is 0 Å². The Labute approximate surface area is 113 Å². The van der Waals surface area contributed by atoms with E-state index < -0.39 is 10.0 Å². The van der Waals surface area contributed by atoms with Crippen molar-refractivity contribution in [2.75, 3.05) is 6.54 Å². The summed E-state index contributed by atoms with van der Waals surface area (Å²) in [7, 11) is -3.78. The number of carbonyl (C=O) groups excluding carboxylic acids is 1. The first-order valence-corrected chi connectivity index (χ1v) is 7.56.